The quantitative estimate of drug-likeness (QED) is 0.380. The maximum Gasteiger partial charge on any atom is 0.250 e. The van der Waals surface area contributed by atoms with Gasteiger partial charge in [-0.05, 0) is 25.3 Å². The summed E-state index contributed by atoms with van der Waals surface area (Å²) in [6.07, 6.45) is 0. The second kappa shape index (κ2) is 8.56. The minimum atomic E-state index is -3.42. The molecule has 0 amide bonds. The van der Waals surface area contributed by atoms with E-state index in [0.29, 0.717) is 23.3 Å². The van der Waals surface area contributed by atoms with Crippen molar-refractivity contribution in [3.8, 4) is 0 Å². The third kappa shape index (κ3) is 5.26. The number of sulfonamides is 1. The molecule has 0 fully saturated rings. The van der Waals surface area contributed by atoms with Crippen molar-refractivity contribution in [3.63, 3.8) is 0 Å². The van der Waals surface area contributed by atoms with E-state index >= 15 is 0 Å². The summed E-state index contributed by atoms with van der Waals surface area (Å²) in [6, 6.07) is 3.30. The molecule has 0 aromatic carbocycles. The van der Waals surface area contributed by atoms with Gasteiger partial charge in [-0.1, -0.05) is 6.07 Å². The largest absolute Gasteiger partial charge is 0.355 e. The number of nitrogens with zero attached hydrogens (tertiary/aromatic N) is 2. The maximum atomic E-state index is 12.0. The van der Waals surface area contributed by atoms with Gasteiger partial charge in [0.1, 0.15) is 4.21 Å². The fraction of sp³-hybridized carbons (Fsp3) is 0.429. The molecule has 24 heavy (non-hydrogen) atoms. The van der Waals surface area contributed by atoms with Crippen molar-refractivity contribution < 1.29 is 8.42 Å². The van der Waals surface area contributed by atoms with Gasteiger partial charge in [0.2, 0.25) is 10.0 Å². The summed E-state index contributed by atoms with van der Waals surface area (Å²) in [7, 11) is -1.74. The maximum absolute atomic E-state index is 12.0. The smallest absolute Gasteiger partial charge is 0.250 e. The number of thiophene rings is 1. The second-order valence-electron chi connectivity index (χ2n) is 4.92. The van der Waals surface area contributed by atoms with E-state index < -0.39 is 10.0 Å². The van der Waals surface area contributed by atoms with Gasteiger partial charge in [-0.3, -0.25) is 4.99 Å². The molecule has 0 saturated carbocycles. The first-order valence-corrected chi connectivity index (χ1v) is 10.5. The molecule has 0 unspecified atom stereocenters. The molecular formula is C14H21N5O2S3. The van der Waals surface area contributed by atoms with Crippen molar-refractivity contribution in [2.75, 3.05) is 20.1 Å². The van der Waals surface area contributed by atoms with E-state index in [0.717, 1.165) is 15.6 Å². The van der Waals surface area contributed by atoms with Gasteiger partial charge in [-0.25, -0.2) is 18.1 Å². The highest BCUT2D eigenvalue weighted by Gasteiger charge is 2.13. The molecule has 10 heteroatoms. The van der Waals surface area contributed by atoms with Crippen LogP contribution in [0.4, 0.5) is 0 Å². The van der Waals surface area contributed by atoms with Crippen molar-refractivity contribution in [1.29, 1.82) is 0 Å². The van der Waals surface area contributed by atoms with Crippen LogP contribution in [-0.4, -0.2) is 39.5 Å². The van der Waals surface area contributed by atoms with Gasteiger partial charge in [0.05, 0.1) is 17.2 Å². The van der Waals surface area contributed by atoms with Crippen LogP contribution in [0.15, 0.2) is 26.7 Å². The summed E-state index contributed by atoms with van der Waals surface area (Å²) >= 11 is 2.85. The van der Waals surface area contributed by atoms with Crippen LogP contribution >= 0.6 is 22.7 Å². The predicted octanol–water partition coefficient (Wildman–Crippen LogP) is 1.46. The Labute approximate surface area is 150 Å². The molecule has 132 valence electrons. The zero-order valence-corrected chi connectivity index (χ0v) is 16.2. The van der Waals surface area contributed by atoms with E-state index in [1.54, 1.807) is 35.9 Å². The lowest BCUT2D eigenvalue weighted by molar-refractivity contribution is 0.582. The van der Waals surface area contributed by atoms with Gasteiger partial charge in [-0.2, -0.15) is 0 Å². The van der Waals surface area contributed by atoms with Crippen LogP contribution in [0.1, 0.15) is 15.6 Å². The molecule has 7 nitrogen and oxygen atoms in total. The first kappa shape index (κ1) is 18.8. The first-order valence-electron chi connectivity index (χ1n) is 7.33. The van der Waals surface area contributed by atoms with E-state index in [-0.39, 0.29) is 6.54 Å². The molecule has 0 spiro atoms. The van der Waals surface area contributed by atoms with Gasteiger partial charge in [0, 0.05) is 25.0 Å². The Bertz CT molecular complexity index is 781. The van der Waals surface area contributed by atoms with Crippen molar-refractivity contribution in [2.45, 2.75) is 24.6 Å². The van der Waals surface area contributed by atoms with Gasteiger partial charge in [0.15, 0.2) is 5.96 Å². The number of hydrogen-bond acceptors (Lipinski definition) is 6. The lowest BCUT2D eigenvalue weighted by Crippen LogP contribution is -2.41. The SMILES string of the molecule is CN=C(NCCNS(=O)(=O)c1cccs1)NCc1sc(C)nc1C. The number of nitrogens with one attached hydrogen (secondary N) is 3. The molecular weight excluding hydrogens is 366 g/mol. The fourth-order valence-corrected chi connectivity index (χ4v) is 4.92. The Morgan fingerprint density at radius 2 is 2.08 bits per heavy atom. The van der Waals surface area contributed by atoms with Crippen LogP contribution in [0.2, 0.25) is 0 Å². The number of rotatable bonds is 7. The Morgan fingerprint density at radius 3 is 2.67 bits per heavy atom. The number of hydrogen-bond donors (Lipinski definition) is 3. The Balaban J connectivity index is 1.75. The fourth-order valence-electron chi connectivity index (χ4n) is 1.98. The molecule has 0 aliphatic carbocycles. The Hall–Kier alpha value is -1.49. The standard InChI is InChI=1S/C14H21N5O2S3/c1-10-12(23-11(2)19-10)9-17-14(15-3)16-6-7-18-24(20,21)13-5-4-8-22-13/h4-5,8,18H,6-7,9H2,1-3H3,(H2,15,16,17). The minimum absolute atomic E-state index is 0.277. The molecule has 2 heterocycles. The number of aryl methyl sites for hydroxylation is 2. The van der Waals surface area contributed by atoms with E-state index in [1.165, 1.54) is 11.3 Å². The molecule has 0 saturated heterocycles. The van der Waals surface area contributed by atoms with Gasteiger partial charge < -0.3 is 10.6 Å². The van der Waals surface area contributed by atoms with Crippen LogP contribution in [0.3, 0.4) is 0 Å². The van der Waals surface area contributed by atoms with Crippen molar-refractivity contribution in [3.05, 3.63) is 33.1 Å². The van der Waals surface area contributed by atoms with Crippen molar-refractivity contribution in [2.24, 2.45) is 4.99 Å². The van der Waals surface area contributed by atoms with Crippen molar-refractivity contribution >= 4 is 38.7 Å². The van der Waals surface area contributed by atoms with Crippen LogP contribution in [0, 0.1) is 13.8 Å². The zero-order valence-electron chi connectivity index (χ0n) is 13.8. The number of aliphatic imine (C=N–C) groups is 1. The molecule has 0 radical (unpaired) electrons. The van der Waals surface area contributed by atoms with Crippen LogP contribution < -0.4 is 15.4 Å². The molecule has 0 atom stereocenters. The summed E-state index contributed by atoms with van der Waals surface area (Å²) in [5, 5.41) is 9.06. The number of thiazole rings is 1. The highest BCUT2D eigenvalue weighted by Crippen LogP contribution is 2.16. The highest BCUT2D eigenvalue weighted by molar-refractivity contribution is 7.91. The van der Waals surface area contributed by atoms with Gasteiger partial charge >= 0.3 is 0 Å². The summed E-state index contributed by atoms with van der Waals surface area (Å²) < 4.78 is 26.8. The Kier molecular flexibility index (Phi) is 6.72. The van der Waals surface area contributed by atoms with E-state index in [1.807, 2.05) is 13.8 Å². The number of guanidine groups is 1. The van der Waals surface area contributed by atoms with Crippen LogP contribution in [-0.2, 0) is 16.6 Å². The average Bonchev–Trinajstić information content (AvgIpc) is 3.17. The van der Waals surface area contributed by atoms with E-state index in [9.17, 15) is 8.42 Å². The van der Waals surface area contributed by atoms with Crippen LogP contribution in [0.5, 0.6) is 0 Å². The summed E-state index contributed by atoms with van der Waals surface area (Å²) in [5.74, 6) is 0.621. The summed E-state index contributed by atoms with van der Waals surface area (Å²) in [4.78, 5) is 9.67. The van der Waals surface area contributed by atoms with E-state index in [2.05, 4.69) is 25.3 Å². The monoisotopic (exact) mass is 387 g/mol. The van der Waals surface area contributed by atoms with Crippen LogP contribution in [0.25, 0.3) is 0 Å². The lowest BCUT2D eigenvalue weighted by atomic mass is 10.4. The summed E-state index contributed by atoms with van der Waals surface area (Å²) in [6.45, 7) is 5.31. The predicted molar refractivity (Wildman–Crippen MR) is 99.3 cm³/mol. The third-order valence-electron chi connectivity index (χ3n) is 3.11. The zero-order chi connectivity index (χ0) is 17.6. The van der Waals surface area contributed by atoms with Crippen molar-refractivity contribution in [1.82, 2.24) is 20.3 Å². The van der Waals surface area contributed by atoms with E-state index in [4.69, 9.17) is 0 Å². The lowest BCUT2D eigenvalue weighted by Gasteiger charge is -2.11. The minimum Gasteiger partial charge on any atom is -0.355 e. The average molecular weight is 388 g/mol. The Morgan fingerprint density at radius 1 is 1.29 bits per heavy atom. The first-order chi connectivity index (χ1) is 11.4. The topological polar surface area (TPSA) is 95.5 Å². The molecule has 0 aliphatic rings. The number of aromatic nitrogens is 1. The second-order valence-corrected chi connectivity index (χ2v) is 9.15. The molecule has 0 bridgehead atoms. The molecule has 2 aromatic heterocycles. The van der Waals surface area contributed by atoms with Gasteiger partial charge in [-0.15, -0.1) is 22.7 Å². The molecule has 2 rings (SSSR count). The normalized spacial score (nSPS) is 12.4. The molecule has 0 aliphatic heterocycles. The molecule has 2 aromatic rings. The summed E-state index contributed by atoms with van der Waals surface area (Å²) in [5.41, 5.74) is 1.02. The van der Waals surface area contributed by atoms with Gasteiger partial charge in [0.25, 0.3) is 0 Å². The highest BCUT2D eigenvalue weighted by atomic mass is 32.2. The molecule has 3 N–H and O–H groups in total. The third-order valence-corrected chi connectivity index (χ3v) is 7.04.